The smallest absolute Gasteiger partial charge is 0.255 e. The molecule has 0 aliphatic carbocycles. The van der Waals surface area contributed by atoms with Crippen molar-refractivity contribution in [3.8, 4) is 5.75 Å². The molecule has 138 valence electrons. The van der Waals surface area contributed by atoms with Gasteiger partial charge >= 0.3 is 0 Å². The van der Waals surface area contributed by atoms with Gasteiger partial charge in [-0.2, -0.15) is 0 Å². The van der Waals surface area contributed by atoms with E-state index >= 15 is 0 Å². The fourth-order valence-electron chi connectivity index (χ4n) is 3.30. The maximum Gasteiger partial charge on any atom is 0.255 e. The van der Waals surface area contributed by atoms with Crippen LogP contribution in [-0.2, 0) is 0 Å². The van der Waals surface area contributed by atoms with E-state index in [9.17, 15) is 4.79 Å². The molecule has 0 aromatic heterocycles. The number of ether oxygens (including phenoxy) is 1. The Bertz CT molecular complexity index is 737. The number of aryl methyl sites for hydroxylation is 1. The second-order valence-electron chi connectivity index (χ2n) is 6.71. The number of nitrogens with one attached hydrogen (secondary N) is 2. The van der Waals surface area contributed by atoms with Gasteiger partial charge in [-0.25, -0.2) is 0 Å². The van der Waals surface area contributed by atoms with Crippen LogP contribution < -0.4 is 21.1 Å². The summed E-state index contributed by atoms with van der Waals surface area (Å²) < 4.78 is 5.51. The molecule has 2 aromatic rings. The van der Waals surface area contributed by atoms with Gasteiger partial charge in [0.25, 0.3) is 5.91 Å². The topological polar surface area (TPSA) is 76.4 Å². The number of carbonyl (C=O) groups excluding carboxylic acids is 1. The predicted molar refractivity (Wildman–Crippen MR) is 105 cm³/mol. The molecule has 1 heterocycles. The lowest BCUT2D eigenvalue weighted by Crippen LogP contribution is -2.26. The van der Waals surface area contributed by atoms with Crippen LogP contribution in [0.4, 0.5) is 5.69 Å². The second kappa shape index (κ2) is 8.83. The van der Waals surface area contributed by atoms with Crippen LogP contribution in [0, 0.1) is 6.92 Å². The van der Waals surface area contributed by atoms with Crippen molar-refractivity contribution in [1.29, 1.82) is 0 Å². The molecule has 0 bridgehead atoms. The van der Waals surface area contributed by atoms with Crippen LogP contribution in [0.3, 0.4) is 0 Å². The third-order valence-electron chi connectivity index (χ3n) is 4.82. The Morgan fingerprint density at radius 2 is 1.92 bits per heavy atom. The van der Waals surface area contributed by atoms with E-state index < -0.39 is 0 Å². The molecule has 1 aliphatic heterocycles. The zero-order valence-corrected chi connectivity index (χ0v) is 15.3. The highest BCUT2D eigenvalue weighted by atomic mass is 16.5. The highest BCUT2D eigenvalue weighted by Crippen LogP contribution is 2.26. The summed E-state index contributed by atoms with van der Waals surface area (Å²) in [6.07, 6.45) is 2.31. The summed E-state index contributed by atoms with van der Waals surface area (Å²) >= 11 is 0. The van der Waals surface area contributed by atoms with Gasteiger partial charge in [0.2, 0.25) is 0 Å². The van der Waals surface area contributed by atoms with Gasteiger partial charge in [0, 0.05) is 17.8 Å². The number of carbonyl (C=O) groups is 1. The molecule has 0 spiro atoms. The summed E-state index contributed by atoms with van der Waals surface area (Å²) in [7, 11) is 0. The number of hydrogen-bond acceptors (Lipinski definition) is 4. The van der Waals surface area contributed by atoms with Crippen molar-refractivity contribution < 1.29 is 9.53 Å². The zero-order chi connectivity index (χ0) is 18.4. The van der Waals surface area contributed by atoms with Crippen LogP contribution in [0.2, 0.25) is 0 Å². The van der Waals surface area contributed by atoms with E-state index in [1.165, 1.54) is 5.56 Å². The lowest BCUT2D eigenvalue weighted by molar-refractivity contribution is 0.102. The zero-order valence-electron chi connectivity index (χ0n) is 15.3. The maximum absolute atomic E-state index is 12.5. The van der Waals surface area contributed by atoms with Crippen molar-refractivity contribution in [1.82, 2.24) is 5.32 Å². The molecule has 5 heteroatoms. The molecule has 26 heavy (non-hydrogen) atoms. The number of benzene rings is 2. The number of amides is 1. The van der Waals surface area contributed by atoms with Crippen molar-refractivity contribution >= 4 is 11.6 Å². The van der Waals surface area contributed by atoms with Gasteiger partial charge in [0.05, 0.1) is 0 Å². The number of hydrogen-bond donors (Lipinski definition) is 3. The Morgan fingerprint density at radius 1 is 1.19 bits per heavy atom. The number of piperidine rings is 1. The third kappa shape index (κ3) is 4.62. The molecule has 2 aromatic carbocycles. The molecule has 4 N–H and O–H groups in total. The Hall–Kier alpha value is -2.37. The van der Waals surface area contributed by atoms with Crippen molar-refractivity contribution in [2.75, 3.05) is 31.6 Å². The number of nitrogens with two attached hydrogens (primary N) is 1. The van der Waals surface area contributed by atoms with E-state index in [-0.39, 0.29) is 5.91 Å². The Labute approximate surface area is 154 Å². The molecule has 0 radical (unpaired) electrons. The van der Waals surface area contributed by atoms with Gasteiger partial charge in [-0.3, -0.25) is 4.79 Å². The summed E-state index contributed by atoms with van der Waals surface area (Å²) in [5.41, 5.74) is 9.19. The highest BCUT2D eigenvalue weighted by Gasteiger charge is 2.16. The number of rotatable bonds is 6. The molecule has 1 amide bonds. The quantitative estimate of drug-likeness (QED) is 0.746. The molecule has 5 nitrogen and oxygen atoms in total. The summed E-state index contributed by atoms with van der Waals surface area (Å²) in [5.74, 6) is 1.26. The molecule has 0 atom stereocenters. The maximum atomic E-state index is 12.5. The summed E-state index contributed by atoms with van der Waals surface area (Å²) in [5, 5.41) is 6.36. The molecule has 1 aliphatic rings. The predicted octanol–water partition coefficient (Wildman–Crippen LogP) is 3.05. The summed E-state index contributed by atoms with van der Waals surface area (Å²) in [4.78, 5) is 12.5. The minimum Gasteiger partial charge on any atom is -0.492 e. The molecule has 0 unspecified atom stereocenters. The van der Waals surface area contributed by atoms with Crippen LogP contribution in [0.1, 0.15) is 40.2 Å². The van der Waals surface area contributed by atoms with Crippen LogP contribution in [-0.4, -0.2) is 32.1 Å². The normalized spacial score (nSPS) is 14.8. The highest BCUT2D eigenvalue weighted by molar-refractivity contribution is 6.04. The Morgan fingerprint density at radius 3 is 2.58 bits per heavy atom. The average molecular weight is 353 g/mol. The fourth-order valence-corrected chi connectivity index (χ4v) is 3.30. The molecular weight excluding hydrogens is 326 g/mol. The first kappa shape index (κ1) is 18.4. The first-order valence-corrected chi connectivity index (χ1v) is 9.23. The van der Waals surface area contributed by atoms with E-state index in [4.69, 9.17) is 10.5 Å². The van der Waals surface area contributed by atoms with E-state index in [1.807, 2.05) is 37.3 Å². The van der Waals surface area contributed by atoms with Crippen molar-refractivity contribution in [3.63, 3.8) is 0 Å². The first-order valence-electron chi connectivity index (χ1n) is 9.23. The van der Waals surface area contributed by atoms with Gasteiger partial charge in [0.15, 0.2) is 0 Å². The first-order chi connectivity index (χ1) is 12.7. The van der Waals surface area contributed by atoms with Gasteiger partial charge in [-0.15, -0.1) is 0 Å². The average Bonchev–Trinajstić information content (AvgIpc) is 2.69. The van der Waals surface area contributed by atoms with E-state index in [0.717, 1.165) is 42.9 Å². The molecular formula is C21H27N3O2. The fraction of sp³-hybridized carbons (Fsp3) is 0.381. The Balaban J connectivity index is 1.64. The lowest BCUT2D eigenvalue weighted by atomic mass is 9.90. The minimum absolute atomic E-state index is 0.0967. The van der Waals surface area contributed by atoms with Crippen molar-refractivity contribution in [2.24, 2.45) is 5.73 Å². The monoisotopic (exact) mass is 353 g/mol. The largest absolute Gasteiger partial charge is 0.492 e. The van der Waals surface area contributed by atoms with Crippen LogP contribution >= 0.6 is 0 Å². The van der Waals surface area contributed by atoms with Crippen LogP contribution in [0.15, 0.2) is 42.5 Å². The molecule has 1 saturated heterocycles. The number of anilines is 1. The Kier molecular flexibility index (Phi) is 6.26. The lowest BCUT2D eigenvalue weighted by Gasteiger charge is -2.23. The van der Waals surface area contributed by atoms with Gasteiger partial charge in [-0.05, 0) is 80.2 Å². The third-order valence-corrected chi connectivity index (χ3v) is 4.82. The molecule has 0 saturated carbocycles. The summed E-state index contributed by atoms with van der Waals surface area (Å²) in [6, 6.07) is 13.6. The van der Waals surface area contributed by atoms with Crippen molar-refractivity contribution in [2.45, 2.75) is 25.7 Å². The van der Waals surface area contributed by atoms with Gasteiger partial charge in [0.1, 0.15) is 12.4 Å². The van der Waals surface area contributed by atoms with Gasteiger partial charge in [-0.1, -0.05) is 12.1 Å². The van der Waals surface area contributed by atoms with Gasteiger partial charge < -0.3 is 21.1 Å². The summed E-state index contributed by atoms with van der Waals surface area (Å²) in [6.45, 7) is 5.04. The minimum atomic E-state index is -0.0967. The second-order valence-corrected chi connectivity index (χ2v) is 6.71. The van der Waals surface area contributed by atoms with E-state index in [1.54, 1.807) is 0 Å². The standard InChI is InChI=1S/C21H27N3O2/c1-15-14-19(26-13-10-22)6-7-20(15)24-21(25)18-4-2-16(3-5-18)17-8-11-23-12-9-17/h2-7,14,17,23H,8-13,22H2,1H3,(H,24,25). The van der Waals surface area contributed by atoms with Crippen molar-refractivity contribution in [3.05, 3.63) is 59.2 Å². The SMILES string of the molecule is Cc1cc(OCCN)ccc1NC(=O)c1ccc(C2CCNCC2)cc1. The molecule has 1 fully saturated rings. The van der Waals surface area contributed by atoms with E-state index in [0.29, 0.717) is 24.6 Å². The van der Waals surface area contributed by atoms with E-state index in [2.05, 4.69) is 22.8 Å². The molecule has 3 rings (SSSR count). The van der Waals surface area contributed by atoms with Crippen LogP contribution in [0.25, 0.3) is 0 Å². The van der Waals surface area contributed by atoms with Crippen LogP contribution in [0.5, 0.6) is 5.75 Å².